The second-order valence-corrected chi connectivity index (χ2v) is 7.12. The number of amides is 1. The molecule has 2 aromatic carbocycles. The number of alkyl halides is 3. The van der Waals surface area contributed by atoms with Crippen LogP contribution in [0.25, 0.3) is 11.3 Å². The van der Waals surface area contributed by atoms with Crippen molar-refractivity contribution in [3.05, 3.63) is 66.4 Å². The average Bonchev–Trinajstić information content (AvgIpc) is 3.24. The minimum Gasteiger partial charge on any atom is -0.406 e. The minimum atomic E-state index is -4.75. The Kier molecular flexibility index (Phi) is 5.90. The van der Waals surface area contributed by atoms with Crippen molar-refractivity contribution in [2.24, 2.45) is 0 Å². The van der Waals surface area contributed by atoms with Crippen molar-refractivity contribution in [2.75, 3.05) is 19.6 Å². The number of benzene rings is 2. The predicted molar refractivity (Wildman–Crippen MR) is 106 cm³/mol. The molecule has 7 nitrogen and oxygen atoms in total. The highest BCUT2D eigenvalue weighted by atomic mass is 19.4. The van der Waals surface area contributed by atoms with Crippen LogP contribution in [0, 0.1) is 0 Å². The number of ether oxygens (including phenoxy) is 1. The van der Waals surface area contributed by atoms with E-state index in [0.717, 1.165) is 10.4 Å². The van der Waals surface area contributed by atoms with Gasteiger partial charge in [0, 0.05) is 25.2 Å². The SMILES string of the molecule is O=C(N1CCNCC1Cc1ccccc1)n1ncc(-c2ccc(OC(F)(F)F)cc2)n1. The molecule has 1 N–H and O–H groups in total. The maximum Gasteiger partial charge on any atom is 0.573 e. The molecule has 1 amide bonds. The molecule has 0 radical (unpaired) electrons. The molecule has 4 rings (SSSR count). The monoisotopic (exact) mass is 431 g/mol. The van der Waals surface area contributed by atoms with Gasteiger partial charge in [-0.1, -0.05) is 35.1 Å². The van der Waals surface area contributed by atoms with Crippen LogP contribution in [0.1, 0.15) is 5.56 Å². The van der Waals surface area contributed by atoms with Crippen molar-refractivity contribution in [1.82, 2.24) is 25.2 Å². The molecule has 0 aliphatic carbocycles. The standard InChI is InChI=1S/C21H20F3N5O2/c22-21(23,24)31-18-8-6-16(7-9-18)19-14-26-29(27-19)20(30)28-11-10-25-13-17(28)12-15-4-2-1-3-5-15/h1-9,14,17,25H,10-13H2. The summed E-state index contributed by atoms with van der Waals surface area (Å²) in [5.41, 5.74) is 2.03. The van der Waals surface area contributed by atoms with Gasteiger partial charge in [0.05, 0.1) is 12.2 Å². The van der Waals surface area contributed by atoms with Crippen LogP contribution >= 0.6 is 0 Å². The number of halogens is 3. The van der Waals surface area contributed by atoms with E-state index in [2.05, 4.69) is 20.3 Å². The Balaban J connectivity index is 1.48. The summed E-state index contributed by atoms with van der Waals surface area (Å²) in [6.45, 7) is 1.86. The number of hydrogen-bond donors (Lipinski definition) is 1. The lowest BCUT2D eigenvalue weighted by atomic mass is 10.0. The van der Waals surface area contributed by atoms with Crippen molar-refractivity contribution in [3.8, 4) is 17.0 Å². The average molecular weight is 431 g/mol. The first-order chi connectivity index (χ1) is 14.9. The van der Waals surface area contributed by atoms with Gasteiger partial charge in [-0.2, -0.15) is 5.10 Å². The van der Waals surface area contributed by atoms with Gasteiger partial charge in [0.2, 0.25) is 0 Å². The Labute approximate surface area is 176 Å². The van der Waals surface area contributed by atoms with Crippen molar-refractivity contribution < 1.29 is 22.7 Å². The summed E-state index contributed by atoms with van der Waals surface area (Å²) in [7, 11) is 0. The summed E-state index contributed by atoms with van der Waals surface area (Å²) in [6.07, 6.45) is -2.64. The molecule has 1 unspecified atom stereocenters. The lowest BCUT2D eigenvalue weighted by Crippen LogP contribution is -2.55. The summed E-state index contributed by atoms with van der Waals surface area (Å²) in [6, 6.07) is 14.8. The van der Waals surface area contributed by atoms with Crippen LogP contribution in [0.5, 0.6) is 5.75 Å². The number of nitrogens with one attached hydrogen (secondary N) is 1. The first-order valence-electron chi connectivity index (χ1n) is 9.73. The molecule has 1 aliphatic heterocycles. The van der Waals surface area contributed by atoms with E-state index in [0.29, 0.717) is 37.3 Å². The minimum absolute atomic E-state index is 0.0445. The number of aromatic nitrogens is 3. The van der Waals surface area contributed by atoms with Gasteiger partial charge in [0.15, 0.2) is 0 Å². The number of hydrogen-bond acceptors (Lipinski definition) is 5. The topological polar surface area (TPSA) is 72.3 Å². The van der Waals surface area contributed by atoms with Gasteiger partial charge in [0.25, 0.3) is 0 Å². The molecule has 2 heterocycles. The number of carbonyl (C=O) groups excluding carboxylic acids is 1. The van der Waals surface area contributed by atoms with E-state index in [4.69, 9.17) is 0 Å². The molecule has 1 aromatic heterocycles. The van der Waals surface area contributed by atoms with Crippen LogP contribution in [0.4, 0.5) is 18.0 Å². The van der Waals surface area contributed by atoms with Crippen LogP contribution in [0.15, 0.2) is 60.8 Å². The first-order valence-corrected chi connectivity index (χ1v) is 9.73. The fraction of sp³-hybridized carbons (Fsp3) is 0.286. The molecule has 1 saturated heterocycles. The summed E-state index contributed by atoms with van der Waals surface area (Å²) >= 11 is 0. The van der Waals surface area contributed by atoms with E-state index in [1.165, 1.54) is 30.5 Å². The van der Waals surface area contributed by atoms with Crippen LogP contribution in [-0.2, 0) is 6.42 Å². The van der Waals surface area contributed by atoms with E-state index >= 15 is 0 Å². The first kappa shape index (κ1) is 20.9. The van der Waals surface area contributed by atoms with E-state index in [1.54, 1.807) is 4.90 Å². The Morgan fingerprint density at radius 3 is 2.58 bits per heavy atom. The van der Waals surface area contributed by atoms with Crippen LogP contribution < -0.4 is 10.1 Å². The second kappa shape index (κ2) is 8.76. The smallest absolute Gasteiger partial charge is 0.406 e. The summed E-state index contributed by atoms with van der Waals surface area (Å²) < 4.78 is 40.8. The van der Waals surface area contributed by atoms with Gasteiger partial charge < -0.3 is 15.0 Å². The Hall–Kier alpha value is -3.40. The second-order valence-electron chi connectivity index (χ2n) is 7.12. The fourth-order valence-corrected chi connectivity index (χ4v) is 3.51. The van der Waals surface area contributed by atoms with Crippen molar-refractivity contribution in [3.63, 3.8) is 0 Å². The van der Waals surface area contributed by atoms with E-state index < -0.39 is 6.36 Å². The molecule has 31 heavy (non-hydrogen) atoms. The maximum atomic E-state index is 13.0. The largest absolute Gasteiger partial charge is 0.573 e. The van der Waals surface area contributed by atoms with Gasteiger partial charge in [-0.25, -0.2) is 4.79 Å². The van der Waals surface area contributed by atoms with E-state index in [9.17, 15) is 18.0 Å². The van der Waals surface area contributed by atoms with Gasteiger partial charge in [0.1, 0.15) is 11.4 Å². The molecular formula is C21H20F3N5O2. The Morgan fingerprint density at radius 1 is 1.13 bits per heavy atom. The molecule has 1 fully saturated rings. The molecule has 0 saturated carbocycles. The molecule has 0 bridgehead atoms. The van der Waals surface area contributed by atoms with Gasteiger partial charge in [-0.3, -0.25) is 0 Å². The van der Waals surface area contributed by atoms with Crippen molar-refractivity contribution in [1.29, 1.82) is 0 Å². The van der Waals surface area contributed by atoms with Crippen molar-refractivity contribution in [2.45, 2.75) is 18.8 Å². The highest BCUT2D eigenvalue weighted by Crippen LogP contribution is 2.25. The zero-order valence-corrected chi connectivity index (χ0v) is 16.4. The summed E-state index contributed by atoms with van der Waals surface area (Å²) in [4.78, 5) is 15.8. The lowest BCUT2D eigenvalue weighted by molar-refractivity contribution is -0.274. The molecule has 0 spiro atoms. The summed E-state index contributed by atoms with van der Waals surface area (Å²) in [5.74, 6) is -0.329. The zero-order chi connectivity index (χ0) is 21.8. The number of carbonyl (C=O) groups is 1. The van der Waals surface area contributed by atoms with Gasteiger partial charge in [-0.05, 0) is 36.2 Å². The zero-order valence-electron chi connectivity index (χ0n) is 16.4. The van der Waals surface area contributed by atoms with Crippen molar-refractivity contribution >= 4 is 6.03 Å². The normalized spacial score (nSPS) is 16.9. The number of nitrogens with zero attached hydrogens (tertiary/aromatic N) is 4. The third-order valence-corrected chi connectivity index (χ3v) is 4.96. The van der Waals surface area contributed by atoms with E-state index in [-0.39, 0.29) is 17.8 Å². The van der Waals surface area contributed by atoms with Gasteiger partial charge >= 0.3 is 12.4 Å². The quantitative estimate of drug-likeness (QED) is 0.686. The molecule has 1 atom stereocenters. The molecule has 162 valence electrons. The highest BCUT2D eigenvalue weighted by molar-refractivity contribution is 5.76. The fourth-order valence-electron chi connectivity index (χ4n) is 3.51. The molecule has 10 heteroatoms. The third-order valence-electron chi connectivity index (χ3n) is 4.96. The van der Waals surface area contributed by atoms with Crippen LogP contribution in [0.3, 0.4) is 0 Å². The van der Waals surface area contributed by atoms with Crippen LogP contribution in [-0.4, -0.2) is 58.0 Å². The Bertz CT molecular complexity index is 1020. The lowest BCUT2D eigenvalue weighted by Gasteiger charge is -2.35. The maximum absolute atomic E-state index is 13.0. The molecular weight excluding hydrogens is 411 g/mol. The highest BCUT2D eigenvalue weighted by Gasteiger charge is 2.31. The van der Waals surface area contributed by atoms with Gasteiger partial charge in [-0.15, -0.1) is 18.3 Å². The summed E-state index contributed by atoms with van der Waals surface area (Å²) in [5, 5.41) is 11.6. The van der Waals surface area contributed by atoms with E-state index in [1.807, 2.05) is 30.3 Å². The Morgan fingerprint density at radius 2 is 1.87 bits per heavy atom. The third kappa shape index (κ3) is 5.21. The number of piperazine rings is 1. The molecule has 1 aliphatic rings. The number of rotatable bonds is 4. The predicted octanol–water partition coefficient (Wildman–Crippen LogP) is 3.33. The molecule has 3 aromatic rings. The van der Waals surface area contributed by atoms with Crippen LogP contribution in [0.2, 0.25) is 0 Å².